The van der Waals surface area contributed by atoms with Crippen molar-refractivity contribution in [3.8, 4) is 22.3 Å². The van der Waals surface area contributed by atoms with Crippen LogP contribution >= 0.6 is 11.8 Å². The summed E-state index contributed by atoms with van der Waals surface area (Å²) in [7, 11) is 0. The summed E-state index contributed by atoms with van der Waals surface area (Å²) in [5.74, 6) is 3.26. The smallest absolute Gasteiger partial charge is 0.0465 e. The Kier molecular flexibility index (Phi) is 7.70. The van der Waals surface area contributed by atoms with Gasteiger partial charge in [0.25, 0.3) is 0 Å². The van der Waals surface area contributed by atoms with Gasteiger partial charge in [-0.15, -0.1) is 0 Å². The molecule has 4 fully saturated rings. The maximum atomic E-state index is 2.67. The maximum Gasteiger partial charge on any atom is 0.0465 e. The second-order valence-electron chi connectivity index (χ2n) is 21.2. The first kappa shape index (κ1) is 36.3. The Hall–Kier alpha value is -4.53. The lowest BCUT2D eigenvalue weighted by Crippen LogP contribution is -2.57. The molecule has 1 heterocycles. The van der Waals surface area contributed by atoms with Gasteiger partial charge in [0.1, 0.15) is 0 Å². The molecule has 0 atom stereocenters. The lowest BCUT2D eigenvalue weighted by Gasteiger charge is -2.63. The fourth-order valence-electron chi connectivity index (χ4n) is 14.1. The van der Waals surface area contributed by atoms with E-state index in [1.807, 2.05) is 11.8 Å². The molecule has 0 saturated heterocycles. The molecule has 1 aliphatic heterocycles. The van der Waals surface area contributed by atoms with Crippen molar-refractivity contribution in [3.05, 3.63) is 161 Å². The maximum absolute atomic E-state index is 2.67. The molecule has 4 saturated carbocycles. The van der Waals surface area contributed by atoms with Crippen LogP contribution in [0.1, 0.15) is 120 Å². The highest BCUT2D eigenvalue weighted by molar-refractivity contribution is 7.99. The minimum Gasteiger partial charge on any atom is -0.310 e. The molecular formula is C57H57NS. The van der Waals surface area contributed by atoms with Gasteiger partial charge in [-0.3, -0.25) is 0 Å². The topological polar surface area (TPSA) is 3.24 Å². The molecule has 6 aromatic rings. The van der Waals surface area contributed by atoms with Crippen molar-refractivity contribution in [3.63, 3.8) is 0 Å². The van der Waals surface area contributed by atoms with Crippen LogP contribution in [-0.4, -0.2) is 0 Å². The fourth-order valence-corrected chi connectivity index (χ4v) is 15.3. The fraction of sp³-hybridized carbons (Fsp3) is 0.368. The third kappa shape index (κ3) is 5.11. The Morgan fingerprint density at radius 3 is 1.76 bits per heavy atom. The number of nitrogens with zero attached hydrogens (tertiary/aromatic N) is 1. The highest BCUT2D eigenvalue weighted by atomic mass is 32.2. The number of rotatable bonds is 4. The summed E-state index contributed by atoms with van der Waals surface area (Å²) < 4.78 is 0. The largest absolute Gasteiger partial charge is 0.310 e. The molecule has 296 valence electrons. The lowest BCUT2D eigenvalue weighted by molar-refractivity contribution is -0.0443. The van der Waals surface area contributed by atoms with Crippen LogP contribution in [0.4, 0.5) is 17.1 Å². The van der Waals surface area contributed by atoms with E-state index in [-0.39, 0.29) is 21.7 Å². The van der Waals surface area contributed by atoms with Gasteiger partial charge in [-0.1, -0.05) is 132 Å². The van der Waals surface area contributed by atoms with Crippen LogP contribution in [-0.2, 0) is 21.7 Å². The van der Waals surface area contributed by atoms with Crippen LogP contribution in [0, 0.1) is 23.7 Å². The molecule has 13 rings (SSSR count). The number of anilines is 3. The first-order chi connectivity index (χ1) is 28.4. The van der Waals surface area contributed by atoms with Crippen molar-refractivity contribution >= 4 is 28.8 Å². The van der Waals surface area contributed by atoms with Gasteiger partial charge >= 0.3 is 0 Å². The zero-order valence-electron chi connectivity index (χ0n) is 35.7. The average molecular weight is 788 g/mol. The predicted molar refractivity (Wildman–Crippen MR) is 248 cm³/mol. The molecule has 7 aliphatic rings. The first-order valence-corrected chi connectivity index (χ1v) is 23.5. The van der Waals surface area contributed by atoms with Gasteiger partial charge in [-0.2, -0.15) is 0 Å². The zero-order valence-corrected chi connectivity index (χ0v) is 36.6. The number of benzene rings is 6. The van der Waals surface area contributed by atoms with Crippen LogP contribution in [0.5, 0.6) is 0 Å². The van der Waals surface area contributed by atoms with Crippen LogP contribution in [0.25, 0.3) is 22.3 Å². The molecule has 6 aliphatic carbocycles. The Morgan fingerprint density at radius 1 is 0.458 bits per heavy atom. The summed E-state index contributed by atoms with van der Waals surface area (Å²) in [6, 6.07) is 50.2. The highest BCUT2D eigenvalue weighted by Gasteiger charge is 2.60. The van der Waals surface area contributed by atoms with Crippen molar-refractivity contribution in [2.24, 2.45) is 23.7 Å². The van der Waals surface area contributed by atoms with E-state index in [0.717, 1.165) is 11.8 Å². The van der Waals surface area contributed by atoms with Crippen LogP contribution in [0.3, 0.4) is 0 Å². The van der Waals surface area contributed by atoms with Gasteiger partial charge in [0.05, 0.1) is 0 Å². The van der Waals surface area contributed by atoms with E-state index in [1.54, 1.807) is 11.1 Å². The molecule has 6 aromatic carbocycles. The standard InChI is InChI=1S/C57H57NS/c1-54(2)26-27-55(3,4)53-43(13-11-16-48(53)54)37-18-20-40(21-19-37)58(41-22-24-45-44-12-7-8-14-46(44)56(5,6)49(45)33-41)42-23-25-52-50(34-42)57(47-15-9-10-17-51(47)59-52)38-29-35-28-36(31-38)32-39(57)30-35/h7-25,33-36,38-39H,26-32H2,1-6H3. The van der Waals surface area contributed by atoms with Crippen molar-refractivity contribution in [2.75, 3.05) is 4.90 Å². The summed E-state index contributed by atoms with van der Waals surface area (Å²) in [5.41, 5.74) is 18.6. The summed E-state index contributed by atoms with van der Waals surface area (Å²) in [6.45, 7) is 14.6. The average Bonchev–Trinajstić information content (AvgIpc) is 3.46. The van der Waals surface area contributed by atoms with E-state index in [4.69, 9.17) is 0 Å². The Balaban J connectivity index is 1.04. The van der Waals surface area contributed by atoms with Crippen LogP contribution in [0.15, 0.2) is 137 Å². The second kappa shape index (κ2) is 12.5. The third-order valence-corrected chi connectivity index (χ3v) is 17.9. The van der Waals surface area contributed by atoms with E-state index < -0.39 is 0 Å². The van der Waals surface area contributed by atoms with Gasteiger partial charge < -0.3 is 4.90 Å². The molecule has 2 heteroatoms. The predicted octanol–water partition coefficient (Wildman–Crippen LogP) is 15.7. The van der Waals surface area contributed by atoms with Crippen molar-refractivity contribution in [2.45, 2.75) is 118 Å². The van der Waals surface area contributed by atoms with Crippen molar-refractivity contribution in [1.82, 2.24) is 0 Å². The van der Waals surface area contributed by atoms with E-state index in [0.29, 0.717) is 11.8 Å². The number of fused-ring (bicyclic) bond motifs is 6. The molecule has 0 radical (unpaired) electrons. The van der Waals surface area contributed by atoms with E-state index in [1.165, 1.54) is 116 Å². The summed E-state index contributed by atoms with van der Waals surface area (Å²) in [6.07, 6.45) is 9.45. The molecule has 0 unspecified atom stereocenters. The minimum atomic E-state index is -0.0783. The molecular weight excluding hydrogens is 731 g/mol. The SMILES string of the molecule is CC1(C)CCC(C)(C)c2c(-c3ccc(N(c4ccc5c(c4)C(C)(C)c4ccccc4-5)c4ccc5c(c4)C4(c6ccccc6S5)C5CC6CC(C5)CC4C6)cc3)cccc21. The van der Waals surface area contributed by atoms with Crippen LogP contribution < -0.4 is 4.90 Å². The lowest BCUT2D eigenvalue weighted by atomic mass is 9.42. The number of hydrogen-bond acceptors (Lipinski definition) is 2. The van der Waals surface area contributed by atoms with Crippen molar-refractivity contribution in [1.29, 1.82) is 0 Å². The normalized spacial score (nSPS) is 26.7. The first-order valence-electron chi connectivity index (χ1n) is 22.6. The van der Waals surface area contributed by atoms with Gasteiger partial charge in [0, 0.05) is 37.7 Å². The number of hydrogen-bond donors (Lipinski definition) is 0. The Morgan fingerprint density at radius 2 is 1.02 bits per heavy atom. The molecule has 59 heavy (non-hydrogen) atoms. The monoisotopic (exact) mass is 787 g/mol. The van der Waals surface area contributed by atoms with E-state index in [9.17, 15) is 0 Å². The zero-order chi connectivity index (χ0) is 40.1. The van der Waals surface area contributed by atoms with Gasteiger partial charge in [-0.05, 0) is 184 Å². The van der Waals surface area contributed by atoms with Gasteiger partial charge in [0.2, 0.25) is 0 Å². The molecule has 0 amide bonds. The second-order valence-corrected chi connectivity index (χ2v) is 22.3. The summed E-state index contributed by atoms with van der Waals surface area (Å²) >= 11 is 2.01. The van der Waals surface area contributed by atoms with Gasteiger partial charge in [0.15, 0.2) is 0 Å². The van der Waals surface area contributed by atoms with E-state index >= 15 is 0 Å². The molecule has 1 nitrogen and oxygen atoms in total. The molecule has 1 spiro atoms. The minimum absolute atomic E-state index is 0.0783. The van der Waals surface area contributed by atoms with Gasteiger partial charge in [-0.25, -0.2) is 0 Å². The van der Waals surface area contributed by atoms with Crippen molar-refractivity contribution < 1.29 is 0 Å². The molecule has 0 aromatic heterocycles. The molecule has 4 bridgehead atoms. The van der Waals surface area contributed by atoms with Crippen LogP contribution in [0.2, 0.25) is 0 Å². The quantitative estimate of drug-likeness (QED) is 0.175. The summed E-state index contributed by atoms with van der Waals surface area (Å²) in [4.78, 5) is 5.55. The molecule has 0 N–H and O–H groups in total. The Labute approximate surface area is 356 Å². The third-order valence-electron chi connectivity index (χ3n) is 16.8. The Bertz CT molecular complexity index is 2660. The summed E-state index contributed by atoms with van der Waals surface area (Å²) in [5, 5.41) is 0. The van der Waals surface area contributed by atoms with E-state index in [2.05, 4.69) is 174 Å². The highest BCUT2D eigenvalue weighted by Crippen LogP contribution is 2.69.